The summed E-state index contributed by atoms with van der Waals surface area (Å²) in [4.78, 5) is 46.1. The van der Waals surface area contributed by atoms with E-state index in [0.717, 1.165) is 10.3 Å². The molecule has 0 N–H and O–H groups in total. The number of imidazole rings is 1. The highest BCUT2D eigenvalue weighted by Gasteiger charge is 2.23. The maximum Gasteiger partial charge on any atom is 0.332 e. The number of aryl methyl sites for hydroxylation is 2. The lowest BCUT2D eigenvalue weighted by Crippen LogP contribution is -2.51. The fourth-order valence-electron chi connectivity index (χ4n) is 3.62. The summed E-state index contributed by atoms with van der Waals surface area (Å²) < 4.78 is 3.87. The van der Waals surface area contributed by atoms with Gasteiger partial charge in [-0.1, -0.05) is 18.2 Å². The highest BCUT2D eigenvalue weighted by Crippen LogP contribution is 2.15. The molecule has 2 aromatic heterocycles. The zero-order valence-electron chi connectivity index (χ0n) is 15.9. The van der Waals surface area contributed by atoms with E-state index in [-0.39, 0.29) is 12.5 Å². The zero-order valence-corrected chi connectivity index (χ0v) is 15.9. The van der Waals surface area contributed by atoms with Crippen molar-refractivity contribution in [2.45, 2.75) is 6.54 Å². The summed E-state index contributed by atoms with van der Waals surface area (Å²) in [7, 11) is 3.24. The van der Waals surface area contributed by atoms with E-state index in [9.17, 15) is 14.4 Å². The van der Waals surface area contributed by atoms with E-state index in [2.05, 4.69) is 9.88 Å². The number of benzene rings is 1. The number of hydrogen-bond donors (Lipinski definition) is 0. The van der Waals surface area contributed by atoms with Crippen molar-refractivity contribution in [3.05, 3.63) is 57.5 Å². The maximum atomic E-state index is 12.8. The fourth-order valence-corrected chi connectivity index (χ4v) is 3.62. The van der Waals surface area contributed by atoms with Crippen LogP contribution in [0.4, 0.5) is 5.69 Å². The molecule has 1 aromatic carbocycles. The predicted octanol–water partition coefficient (Wildman–Crippen LogP) is -0.217. The Hall–Kier alpha value is -3.36. The number of hydrogen-bond acceptors (Lipinski definition) is 5. The Morgan fingerprint density at radius 3 is 2.39 bits per heavy atom. The maximum absolute atomic E-state index is 12.8. The third-order valence-corrected chi connectivity index (χ3v) is 5.25. The van der Waals surface area contributed by atoms with Gasteiger partial charge in [0.15, 0.2) is 11.2 Å². The van der Waals surface area contributed by atoms with Crippen molar-refractivity contribution in [2.75, 3.05) is 31.1 Å². The minimum absolute atomic E-state index is 0.228. The molecule has 3 heterocycles. The van der Waals surface area contributed by atoms with E-state index in [4.69, 9.17) is 0 Å². The van der Waals surface area contributed by atoms with Gasteiger partial charge in [0.2, 0.25) is 5.91 Å². The van der Waals surface area contributed by atoms with Crippen molar-refractivity contribution in [1.82, 2.24) is 23.6 Å². The summed E-state index contributed by atoms with van der Waals surface area (Å²) in [5.41, 5.74) is 0.727. The number of carbonyl (C=O) groups is 1. The van der Waals surface area contributed by atoms with Gasteiger partial charge in [0.25, 0.3) is 5.56 Å². The number of anilines is 1. The molecule has 1 fully saturated rings. The number of amides is 1. The largest absolute Gasteiger partial charge is 0.368 e. The van der Waals surface area contributed by atoms with Gasteiger partial charge >= 0.3 is 5.69 Å². The SMILES string of the molecule is Cn1cnc2c1c(=O)n(CC(=O)N1CCN(c3ccccc3)CC1)c(=O)n2C. The van der Waals surface area contributed by atoms with E-state index in [1.54, 1.807) is 23.6 Å². The Morgan fingerprint density at radius 2 is 1.71 bits per heavy atom. The summed E-state index contributed by atoms with van der Waals surface area (Å²) in [5.74, 6) is -0.228. The van der Waals surface area contributed by atoms with Gasteiger partial charge in [-0.05, 0) is 12.1 Å². The van der Waals surface area contributed by atoms with Gasteiger partial charge in [-0.2, -0.15) is 0 Å². The molecule has 0 unspecified atom stereocenters. The third-order valence-electron chi connectivity index (χ3n) is 5.25. The van der Waals surface area contributed by atoms with Crippen LogP contribution in [-0.2, 0) is 25.4 Å². The molecule has 0 saturated carbocycles. The van der Waals surface area contributed by atoms with E-state index < -0.39 is 11.2 Å². The number of para-hydroxylation sites is 1. The highest BCUT2D eigenvalue weighted by atomic mass is 16.2. The van der Waals surface area contributed by atoms with Crippen LogP contribution in [0.2, 0.25) is 0 Å². The lowest BCUT2D eigenvalue weighted by molar-refractivity contribution is -0.132. The predicted molar refractivity (Wildman–Crippen MR) is 105 cm³/mol. The molecule has 146 valence electrons. The van der Waals surface area contributed by atoms with Crippen LogP contribution >= 0.6 is 0 Å². The van der Waals surface area contributed by atoms with Crippen LogP contribution in [-0.4, -0.2) is 55.7 Å². The van der Waals surface area contributed by atoms with Gasteiger partial charge in [0, 0.05) is 46.0 Å². The molecule has 9 heteroatoms. The summed E-state index contributed by atoms with van der Waals surface area (Å²) in [6.07, 6.45) is 1.49. The van der Waals surface area contributed by atoms with Gasteiger partial charge in [0.05, 0.1) is 6.33 Å². The van der Waals surface area contributed by atoms with Crippen LogP contribution in [0.1, 0.15) is 0 Å². The van der Waals surface area contributed by atoms with Crippen molar-refractivity contribution in [2.24, 2.45) is 14.1 Å². The number of fused-ring (bicyclic) bond motifs is 1. The molecule has 1 aliphatic rings. The first kappa shape index (κ1) is 18.0. The number of aromatic nitrogens is 4. The zero-order chi connectivity index (χ0) is 19.8. The molecular weight excluding hydrogens is 360 g/mol. The standard InChI is InChI=1S/C19H22N6O3/c1-21-13-20-17-16(21)18(27)25(19(28)22(17)2)12-15(26)24-10-8-23(9-11-24)14-6-4-3-5-7-14/h3-7,13H,8-12H2,1-2H3. The van der Waals surface area contributed by atoms with Gasteiger partial charge in [-0.25, -0.2) is 14.3 Å². The lowest BCUT2D eigenvalue weighted by atomic mass is 10.2. The van der Waals surface area contributed by atoms with Gasteiger partial charge in [-0.15, -0.1) is 0 Å². The van der Waals surface area contributed by atoms with Crippen LogP contribution in [0.3, 0.4) is 0 Å². The Balaban J connectivity index is 1.53. The minimum Gasteiger partial charge on any atom is -0.368 e. The first-order chi connectivity index (χ1) is 13.5. The summed E-state index contributed by atoms with van der Waals surface area (Å²) in [6.45, 7) is 2.26. The molecule has 0 bridgehead atoms. The average molecular weight is 382 g/mol. The molecular formula is C19H22N6O3. The van der Waals surface area contributed by atoms with Gasteiger partial charge in [-0.3, -0.25) is 14.2 Å². The Bertz CT molecular complexity index is 1140. The normalized spacial score (nSPS) is 14.6. The van der Waals surface area contributed by atoms with Crippen LogP contribution in [0.25, 0.3) is 11.2 Å². The molecule has 0 aliphatic carbocycles. The molecule has 0 radical (unpaired) electrons. The second-order valence-electron chi connectivity index (χ2n) is 6.96. The van der Waals surface area contributed by atoms with Gasteiger partial charge in [0.1, 0.15) is 6.54 Å². The topological polar surface area (TPSA) is 85.4 Å². The van der Waals surface area contributed by atoms with E-state index in [1.807, 2.05) is 30.3 Å². The molecule has 1 amide bonds. The minimum atomic E-state index is -0.535. The number of nitrogens with zero attached hydrogens (tertiary/aromatic N) is 6. The molecule has 0 spiro atoms. The average Bonchev–Trinajstić information content (AvgIpc) is 3.12. The third kappa shape index (κ3) is 2.98. The van der Waals surface area contributed by atoms with Crippen molar-refractivity contribution in [1.29, 1.82) is 0 Å². The second kappa shape index (κ2) is 6.99. The quantitative estimate of drug-likeness (QED) is 0.625. The van der Waals surface area contributed by atoms with E-state index >= 15 is 0 Å². The number of rotatable bonds is 3. The van der Waals surface area contributed by atoms with Crippen LogP contribution in [0.5, 0.6) is 0 Å². The molecule has 0 atom stereocenters. The molecule has 4 rings (SSSR count). The fraction of sp³-hybridized carbons (Fsp3) is 0.368. The summed E-state index contributed by atoms with van der Waals surface area (Å²) >= 11 is 0. The number of piperazine rings is 1. The monoisotopic (exact) mass is 382 g/mol. The summed E-state index contributed by atoms with van der Waals surface area (Å²) in [5, 5.41) is 0. The van der Waals surface area contributed by atoms with Crippen molar-refractivity contribution in [3.63, 3.8) is 0 Å². The Labute approximate surface area is 161 Å². The van der Waals surface area contributed by atoms with Crippen molar-refractivity contribution >= 4 is 22.8 Å². The number of carbonyl (C=O) groups excluding carboxylic acids is 1. The van der Waals surface area contributed by atoms with Crippen LogP contribution in [0.15, 0.2) is 46.2 Å². The molecule has 1 aliphatic heterocycles. The summed E-state index contributed by atoms with van der Waals surface area (Å²) in [6, 6.07) is 10.0. The molecule has 3 aromatic rings. The first-order valence-electron chi connectivity index (χ1n) is 9.16. The smallest absolute Gasteiger partial charge is 0.332 e. The molecule has 9 nitrogen and oxygen atoms in total. The molecule has 28 heavy (non-hydrogen) atoms. The van der Waals surface area contributed by atoms with Crippen LogP contribution < -0.4 is 16.1 Å². The lowest BCUT2D eigenvalue weighted by Gasteiger charge is -2.36. The van der Waals surface area contributed by atoms with Crippen molar-refractivity contribution in [3.8, 4) is 0 Å². The second-order valence-corrected chi connectivity index (χ2v) is 6.96. The van der Waals surface area contributed by atoms with E-state index in [1.165, 1.54) is 10.9 Å². The van der Waals surface area contributed by atoms with Crippen LogP contribution in [0, 0.1) is 0 Å². The van der Waals surface area contributed by atoms with Gasteiger partial charge < -0.3 is 14.4 Å². The Morgan fingerprint density at radius 1 is 1.04 bits per heavy atom. The molecule has 1 saturated heterocycles. The van der Waals surface area contributed by atoms with E-state index in [0.29, 0.717) is 37.3 Å². The first-order valence-corrected chi connectivity index (χ1v) is 9.16. The Kier molecular flexibility index (Phi) is 4.50. The van der Waals surface area contributed by atoms with Crippen molar-refractivity contribution < 1.29 is 4.79 Å². The highest BCUT2D eigenvalue weighted by molar-refractivity contribution is 5.77.